The number of hydrogen-bond donors (Lipinski definition) is 2. The second-order valence-corrected chi connectivity index (χ2v) is 7.85. The molecule has 0 spiro atoms. The van der Waals surface area contributed by atoms with E-state index >= 15 is 0 Å². The molecular weight excluding hydrogens is 444 g/mol. The molecule has 1 aromatic carbocycles. The molecule has 150 valence electrons. The van der Waals surface area contributed by atoms with Gasteiger partial charge < -0.3 is 15.8 Å². The van der Waals surface area contributed by atoms with Crippen LogP contribution < -0.4 is 11.1 Å². The van der Waals surface area contributed by atoms with Gasteiger partial charge in [-0.2, -0.15) is 0 Å². The largest absolute Gasteiger partial charge is 0.383 e. The van der Waals surface area contributed by atoms with E-state index in [9.17, 15) is 0 Å². The predicted octanol–water partition coefficient (Wildman–Crippen LogP) is 3.76. The maximum Gasteiger partial charge on any atom is 0.165 e. The molecular formula is C22H19BrN6O. The van der Waals surface area contributed by atoms with Gasteiger partial charge in [0.05, 0.1) is 23.4 Å². The van der Waals surface area contributed by atoms with E-state index in [1.807, 2.05) is 42.5 Å². The van der Waals surface area contributed by atoms with Gasteiger partial charge in [-0.25, -0.2) is 15.0 Å². The monoisotopic (exact) mass is 462 g/mol. The van der Waals surface area contributed by atoms with Gasteiger partial charge in [-0.15, -0.1) is 0 Å². The lowest BCUT2D eigenvalue weighted by molar-refractivity contribution is 0.0254. The number of nitrogens with one attached hydrogen (secondary N) is 1. The van der Waals surface area contributed by atoms with Crippen LogP contribution in [0.1, 0.15) is 11.8 Å². The van der Waals surface area contributed by atoms with Gasteiger partial charge in [-0.05, 0) is 35.4 Å². The molecule has 1 saturated heterocycles. The van der Waals surface area contributed by atoms with E-state index in [1.54, 1.807) is 6.20 Å². The van der Waals surface area contributed by atoms with Crippen LogP contribution in [-0.2, 0) is 4.74 Å². The standard InChI is InChI=1S/C22H19BrN6O/c23-16-6-2-1-4-13(16)15-10-17(29-22-19(15)21(24)27-12-28-22)14-5-3-7-26-20(14)18-11-25-8-9-30-18/h1-7,10,12,18,25H,8-9,11H2,(H2,24,27,28,29). The Hall–Kier alpha value is -2.94. The molecule has 3 N–H and O–H groups in total. The van der Waals surface area contributed by atoms with Gasteiger partial charge in [-0.3, -0.25) is 4.98 Å². The van der Waals surface area contributed by atoms with E-state index < -0.39 is 0 Å². The van der Waals surface area contributed by atoms with Crippen molar-refractivity contribution in [2.75, 3.05) is 25.4 Å². The molecule has 4 heterocycles. The minimum atomic E-state index is -0.130. The van der Waals surface area contributed by atoms with Crippen molar-refractivity contribution in [2.45, 2.75) is 6.10 Å². The summed E-state index contributed by atoms with van der Waals surface area (Å²) in [4.78, 5) is 18.0. The number of benzene rings is 1. The highest BCUT2D eigenvalue weighted by Crippen LogP contribution is 2.38. The molecule has 1 atom stereocenters. The zero-order chi connectivity index (χ0) is 20.5. The first-order valence-electron chi connectivity index (χ1n) is 9.66. The molecule has 5 rings (SSSR count). The van der Waals surface area contributed by atoms with Crippen molar-refractivity contribution < 1.29 is 4.74 Å². The van der Waals surface area contributed by atoms with Crippen molar-refractivity contribution in [1.29, 1.82) is 0 Å². The highest BCUT2D eigenvalue weighted by Gasteiger charge is 2.23. The second-order valence-electron chi connectivity index (χ2n) is 6.99. The molecule has 8 heteroatoms. The number of aromatic nitrogens is 4. The number of pyridine rings is 2. The third-order valence-corrected chi connectivity index (χ3v) is 5.84. The van der Waals surface area contributed by atoms with Crippen LogP contribution in [0.15, 0.2) is 59.5 Å². The van der Waals surface area contributed by atoms with Gasteiger partial charge in [0.15, 0.2) is 5.65 Å². The van der Waals surface area contributed by atoms with Crippen molar-refractivity contribution in [1.82, 2.24) is 25.3 Å². The first kappa shape index (κ1) is 19.0. The van der Waals surface area contributed by atoms with Gasteiger partial charge >= 0.3 is 0 Å². The summed E-state index contributed by atoms with van der Waals surface area (Å²) in [5.74, 6) is 0.399. The molecule has 30 heavy (non-hydrogen) atoms. The fraction of sp³-hybridized carbons (Fsp3) is 0.182. The summed E-state index contributed by atoms with van der Waals surface area (Å²) in [6.07, 6.45) is 3.10. The maximum atomic E-state index is 6.23. The molecule has 1 aliphatic rings. The molecule has 0 bridgehead atoms. The lowest BCUT2D eigenvalue weighted by Crippen LogP contribution is -2.34. The summed E-state index contributed by atoms with van der Waals surface area (Å²) in [5, 5.41) is 4.10. The highest BCUT2D eigenvalue weighted by atomic mass is 79.9. The van der Waals surface area contributed by atoms with E-state index in [-0.39, 0.29) is 6.10 Å². The van der Waals surface area contributed by atoms with Crippen molar-refractivity contribution in [3.05, 3.63) is 65.2 Å². The molecule has 3 aromatic heterocycles. The van der Waals surface area contributed by atoms with Crippen molar-refractivity contribution >= 4 is 32.8 Å². The highest BCUT2D eigenvalue weighted by molar-refractivity contribution is 9.10. The molecule has 0 radical (unpaired) electrons. The SMILES string of the molecule is Nc1ncnc2nc(-c3cccnc3C3CNCCO3)cc(-c3ccccc3Br)c12. The summed E-state index contributed by atoms with van der Waals surface area (Å²) in [6, 6.07) is 14.0. The Morgan fingerprint density at radius 3 is 2.73 bits per heavy atom. The number of ether oxygens (including phenoxy) is 1. The number of hydrogen-bond acceptors (Lipinski definition) is 7. The fourth-order valence-electron chi connectivity index (χ4n) is 3.75. The molecule has 4 aromatic rings. The summed E-state index contributed by atoms with van der Waals surface area (Å²) in [5.41, 5.74) is 11.2. The topological polar surface area (TPSA) is 98.8 Å². The summed E-state index contributed by atoms with van der Waals surface area (Å²) >= 11 is 3.66. The third kappa shape index (κ3) is 3.43. The maximum absolute atomic E-state index is 6.23. The van der Waals surface area contributed by atoms with Gasteiger partial charge in [-0.1, -0.05) is 34.1 Å². The predicted molar refractivity (Wildman–Crippen MR) is 120 cm³/mol. The zero-order valence-electron chi connectivity index (χ0n) is 16.0. The Kier molecular flexibility index (Phi) is 5.12. The minimum Gasteiger partial charge on any atom is -0.383 e. The number of halogens is 1. The van der Waals surface area contributed by atoms with Gasteiger partial charge in [0, 0.05) is 29.3 Å². The normalized spacial score (nSPS) is 16.6. The summed E-state index contributed by atoms with van der Waals surface area (Å²) in [6.45, 7) is 2.21. The third-order valence-electron chi connectivity index (χ3n) is 5.14. The number of rotatable bonds is 3. The van der Waals surface area contributed by atoms with E-state index in [0.717, 1.165) is 44.5 Å². The first-order chi connectivity index (χ1) is 14.7. The smallest absolute Gasteiger partial charge is 0.165 e. The van der Waals surface area contributed by atoms with Crippen LogP contribution in [0.2, 0.25) is 0 Å². The van der Waals surface area contributed by atoms with Crippen LogP contribution in [0.25, 0.3) is 33.4 Å². The fourth-order valence-corrected chi connectivity index (χ4v) is 4.25. The quantitative estimate of drug-likeness (QED) is 0.477. The van der Waals surface area contributed by atoms with Crippen LogP contribution in [-0.4, -0.2) is 39.6 Å². The molecule has 1 fully saturated rings. The first-order valence-corrected chi connectivity index (χ1v) is 10.5. The van der Waals surface area contributed by atoms with Crippen molar-refractivity contribution in [3.8, 4) is 22.4 Å². The average molecular weight is 463 g/mol. The Labute approximate surface area is 181 Å². The van der Waals surface area contributed by atoms with Gasteiger partial charge in [0.1, 0.15) is 18.2 Å². The molecule has 7 nitrogen and oxygen atoms in total. The number of anilines is 1. The number of nitrogens with zero attached hydrogens (tertiary/aromatic N) is 4. The summed E-state index contributed by atoms with van der Waals surface area (Å²) < 4.78 is 6.92. The zero-order valence-corrected chi connectivity index (χ0v) is 17.6. The number of nitrogen functional groups attached to an aromatic ring is 1. The van der Waals surface area contributed by atoms with E-state index in [2.05, 4.69) is 36.2 Å². The number of morpholine rings is 1. The second kappa shape index (κ2) is 8.06. The molecule has 1 unspecified atom stereocenters. The van der Waals surface area contributed by atoms with E-state index in [0.29, 0.717) is 24.6 Å². The molecule has 0 amide bonds. The molecule has 1 aliphatic heterocycles. The number of fused-ring (bicyclic) bond motifs is 1. The Bertz CT molecular complexity index is 1230. The van der Waals surface area contributed by atoms with Crippen LogP contribution in [0, 0.1) is 0 Å². The van der Waals surface area contributed by atoms with Crippen LogP contribution >= 0.6 is 15.9 Å². The Morgan fingerprint density at radius 1 is 1.03 bits per heavy atom. The van der Waals surface area contributed by atoms with Gasteiger partial charge in [0.2, 0.25) is 0 Å². The Balaban J connectivity index is 1.76. The average Bonchev–Trinajstić information content (AvgIpc) is 2.79. The van der Waals surface area contributed by atoms with Gasteiger partial charge in [0.25, 0.3) is 0 Å². The molecule has 0 saturated carbocycles. The van der Waals surface area contributed by atoms with Crippen LogP contribution in [0.3, 0.4) is 0 Å². The summed E-state index contributed by atoms with van der Waals surface area (Å²) in [7, 11) is 0. The number of nitrogens with two attached hydrogens (primary N) is 1. The minimum absolute atomic E-state index is 0.130. The van der Waals surface area contributed by atoms with Crippen LogP contribution in [0.4, 0.5) is 5.82 Å². The van der Waals surface area contributed by atoms with Crippen molar-refractivity contribution in [3.63, 3.8) is 0 Å². The van der Waals surface area contributed by atoms with Crippen molar-refractivity contribution in [2.24, 2.45) is 0 Å². The lowest BCUT2D eigenvalue weighted by atomic mass is 9.98. The van der Waals surface area contributed by atoms with E-state index in [1.165, 1.54) is 6.33 Å². The van der Waals surface area contributed by atoms with Crippen LogP contribution in [0.5, 0.6) is 0 Å². The van der Waals surface area contributed by atoms with E-state index in [4.69, 9.17) is 15.5 Å². The molecule has 0 aliphatic carbocycles. The lowest BCUT2D eigenvalue weighted by Gasteiger charge is -2.25. The Morgan fingerprint density at radius 2 is 1.90 bits per heavy atom.